The van der Waals surface area contributed by atoms with E-state index in [2.05, 4.69) is 10.6 Å². The van der Waals surface area contributed by atoms with E-state index < -0.39 is 41.6 Å². The highest BCUT2D eigenvalue weighted by atomic mass is 19.4. The van der Waals surface area contributed by atoms with Crippen LogP contribution < -0.4 is 10.6 Å². The summed E-state index contributed by atoms with van der Waals surface area (Å²) in [6, 6.07) is 0.0283. The van der Waals surface area contributed by atoms with Gasteiger partial charge in [-0.2, -0.15) is 13.2 Å². The maximum absolute atomic E-state index is 13.4. The number of hydrogen-bond acceptors (Lipinski definition) is 3. The molecular formula is C19H21F4N3O3. The van der Waals surface area contributed by atoms with E-state index in [-0.39, 0.29) is 36.3 Å². The zero-order valence-electron chi connectivity index (χ0n) is 15.8. The Morgan fingerprint density at radius 3 is 2.66 bits per heavy atom. The van der Waals surface area contributed by atoms with Gasteiger partial charge >= 0.3 is 6.18 Å². The van der Waals surface area contributed by atoms with Crippen molar-refractivity contribution in [2.45, 2.75) is 51.0 Å². The third-order valence-corrected chi connectivity index (χ3v) is 5.53. The molecule has 0 aliphatic carbocycles. The van der Waals surface area contributed by atoms with E-state index in [1.54, 1.807) is 0 Å². The third-order valence-electron chi connectivity index (χ3n) is 5.53. The van der Waals surface area contributed by atoms with Crippen molar-refractivity contribution in [3.8, 4) is 0 Å². The molecule has 1 aromatic rings. The number of carbonyl (C=O) groups excluding carboxylic acids is 3. The van der Waals surface area contributed by atoms with E-state index in [9.17, 15) is 31.9 Å². The largest absolute Gasteiger partial charge is 0.419 e. The predicted octanol–water partition coefficient (Wildman–Crippen LogP) is 2.09. The van der Waals surface area contributed by atoms with E-state index in [4.69, 9.17) is 0 Å². The fourth-order valence-corrected chi connectivity index (χ4v) is 3.70. The lowest BCUT2D eigenvalue weighted by Gasteiger charge is -2.36. The minimum Gasteiger partial charge on any atom is -0.347 e. The summed E-state index contributed by atoms with van der Waals surface area (Å²) in [6.45, 7) is 3.84. The quantitative estimate of drug-likeness (QED) is 0.740. The van der Waals surface area contributed by atoms with Crippen molar-refractivity contribution in [1.82, 2.24) is 15.5 Å². The Bertz CT molecular complexity index is 842. The van der Waals surface area contributed by atoms with Crippen LogP contribution >= 0.6 is 0 Å². The first-order valence-corrected chi connectivity index (χ1v) is 9.31. The molecule has 1 aromatic carbocycles. The van der Waals surface area contributed by atoms with Gasteiger partial charge in [-0.05, 0) is 30.5 Å². The fraction of sp³-hybridized carbons (Fsp3) is 0.526. The van der Waals surface area contributed by atoms with Crippen LogP contribution in [0, 0.1) is 11.7 Å². The number of alkyl halides is 3. The molecule has 29 heavy (non-hydrogen) atoms. The van der Waals surface area contributed by atoms with Gasteiger partial charge in [0.15, 0.2) is 0 Å². The highest BCUT2D eigenvalue weighted by Crippen LogP contribution is 2.32. The SMILES string of the molecule is CC[C@H](C)[C@@H]1NC(=O)[C@@H]2C[C@H](NC(=O)c3ccc(F)c(C(F)(F)F)c3)CN2C1=O. The second-order valence-electron chi connectivity index (χ2n) is 7.48. The summed E-state index contributed by atoms with van der Waals surface area (Å²) in [7, 11) is 0. The maximum Gasteiger partial charge on any atom is 0.419 e. The Hall–Kier alpha value is -2.65. The molecule has 2 aliphatic rings. The van der Waals surface area contributed by atoms with Crippen molar-refractivity contribution in [2.24, 2.45) is 5.92 Å². The number of nitrogens with one attached hydrogen (secondary N) is 2. The normalized spacial score (nSPS) is 25.4. The summed E-state index contributed by atoms with van der Waals surface area (Å²) in [5, 5.41) is 5.26. The second kappa shape index (κ2) is 7.64. The molecule has 0 aromatic heterocycles. The van der Waals surface area contributed by atoms with Crippen LogP contribution in [0.5, 0.6) is 0 Å². The molecule has 0 spiro atoms. The first-order valence-electron chi connectivity index (χ1n) is 9.31. The number of carbonyl (C=O) groups is 3. The van der Waals surface area contributed by atoms with Crippen molar-refractivity contribution in [2.75, 3.05) is 6.54 Å². The lowest BCUT2D eigenvalue weighted by Crippen LogP contribution is -2.62. The molecule has 2 N–H and O–H groups in total. The van der Waals surface area contributed by atoms with Gasteiger partial charge in [-0.15, -0.1) is 0 Å². The molecule has 2 heterocycles. The topological polar surface area (TPSA) is 78.5 Å². The smallest absolute Gasteiger partial charge is 0.347 e. The lowest BCUT2D eigenvalue weighted by molar-refractivity contribution is -0.148. The molecular weight excluding hydrogens is 394 g/mol. The summed E-state index contributed by atoms with van der Waals surface area (Å²) in [5.74, 6) is -2.90. The summed E-state index contributed by atoms with van der Waals surface area (Å²) >= 11 is 0. The van der Waals surface area contributed by atoms with E-state index in [1.165, 1.54) is 4.90 Å². The number of amides is 3. The van der Waals surface area contributed by atoms with Crippen molar-refractivity contribution in [1.29, 1.82) is 0 Å². The molecule has 3 rings (SSSR count). The van der Waals surface area contributed by atoms with Gasteiger partial charge in [0, 0.05) is 18.2 Å². The van der Waals surface area contributed by atoms with Crippen LogP contribution in [0.1, 0.15) is 42.6 Å². The zero-order chi connectivity index (χ0) is 21.5. The number of piperazine rings is 1. The molecule has 0 radical (unpaired) electrons. The number of benzene rings is 1. The Morgan fingerprint density at radius 2 is 2.03 bits per heavy atom. The molecule has 4 atom stereocenters. The molecule has 0 unspecified atom stereocenters. The Balaban J connectivity index is 1.72. The van der Waals surface area contributed by atoms with E-state index in [1.807, 2.05) is 13.8 Å². The molecule has 0 saturated carbocycles. The third kappa shape index (κ3) is 4.06. The van der Waals surface area contributed by atoms with Gasteiger partial charge in [-0.1, -0.05) is 20.3 Å². The van der Waals surface area contributed by atoms with E-state index in [0.717, 1.165) is 6.07 Å². The van der Waals surface area contributed by atoms with Gasteiger partial charge in [0.1, 0.15) is 17.9 Å². The van der Waals surface area contributed by atoms with Crippen LogP contribution in [0.3, 0.4) is 0 Å². The van der Waals surface area contributed by atoms with Crippen LogP contribution in [0.25, 0.3) is 0 Å². The zero-order valence-corrected chi connectivity index (χ0v) is 15.8. The second-order valence-corrected chi connectivity index (χ2v) is 7.48. The van der Waals surface area contributed by atoms with Crippen LogP contribution in [0.2, 0.25) is 0 Å². The summed E-state index contributed by atoms with van der Waals surface area (Å²) in [6.07, 6.45) is -4.07. The van der Waals surface area contributed by atoms with E-state index in [0.29, 0.717) is 18.6 Å². The first-order chi connectivity index (χ1) is 13.5. The molecule has 2 saturated heterocycles. The number of rotatable bonds is 4. The maximum atomic E-state index is 13.4. The molecule has 158 valence electrons. The number of halogens is 4. The number of hydrogen-bond donors (Lipinski definition) is 2. The van der Waals surface area contributed by atoms with Crippen LogP contribution in [0.4, 0.5) is 17.6 Å². The number of fused-ring (bicyclic) bond motifs is 1. The molecule has 2 fully saturated rings. The highest BCUT2D eigenvalue weighted by molar-refractivity contribution is 5.98. The Kier molecular flexibility index (Phi) is 5.55. The monoisotopic (exact) mass is 415 g/mol. The van der Waals surface area contributed by atoms with E-state index >= 15 is 0 Å². The van der Waals surface area contributed by atoms with Gasteiger partial charge in [-0.25, -0.2) is 4.39 Å². The van der Waals surface area contributed by atoms with Gasteiger partial charge in [0.25, 0.3) is 5.91 Å². The van der Waals surface area contributed by atoms with Gasteiger partial charge in [-0.3, -0.25) is 14.4 Å². The summed E-state index contributed by atoms with van der Waals surface area (Å²) in [4.78, 5) is 38.8. The van der Waals surface area contributed by atoms with Crippen LogP contribution in [-0.4, -0.2) is 47.3 Å². The Morgan fingerprint density at radius 1 is 1.34 bits per heavy atom. The number of nitrogens with zero attached hydrogens (tertiary/aromatic N) is 1. The van der Waals surface area contributed by atoms with Crippen molar-refractivity contribution < 1.29 is 31.9 Å². The Labute approximate surface area is 164 Å². The van der Waals surface area contributed by atoms with Crippen LogP contribution in [0.15, 0.2) is 18.2 Å². The molecule has 10 heteroatoms. The van der Waals surface area contributed by atoms with Crippen molar-refractivity contribution in [3.63, 3.8) is 0 Å². The summed E-state index contributed by atoms with van der Waals surface area (Å²) in [5.41, 5.74) is -1.88. The minimum atomic E-state index is -4.93. The van der Waals surface area contributed by atoms with Gasteiger partial charge in [0.05, 0.1) is 5.56 Å². The van der Waals surface area contributed by atoms with Gasteiger partial charge in [0.2, 0.25) is 11.8 Å². The average molecular weight is 415 g/mol. The lowest BCUT2D eigenvalue weighted by atomic mass is 9.95. The molecule has 2 aliphatic heterocycles. The molecule has 3 amide bonds. The van der Waals surface area contributed by atoms with Crippen LogP contribution in [-0.2, 0) is 15.8 Å². The van der Waals surface area contributed by atoms with Gasteiger partial charge < -0.3 is 15.5 Å². The standard InChI is InChI=1S/C19H21F4N3O3/c1-3-9(2)15-18(29)26-8-11(7-14(26)17(28)25-15)24-16(27)10-4-5-13(20)12(6-10)19(21,22)23/h4-6,9,11,14-15H,3,7-8H2,1-2H3,(H,24,27)(H,25,28)/t9-,11-,14-,15-/m0/s1. The molecule has 0 bridgehead atoms. The first kappa shape index (κ1) is 21.1. The predicted molar refractivity (Wildman–Crippen MR) is 94.2 cm³/mol. The minimum absolute atomic E-state index is 0.0546. The van der Waals surface area contributed by atoms with Crippen molar-refractivity contribution >= 4 is 17.7 Å². The highest BCUT2D eigenvalue weighted by Gasteiger charge is 2.47. The van der Waals surface area contributed by atoms with Crippen molar-refractivity contribution in [3.05, 3.63) is 35.1 Å². The fourth-order valence-electron chi connectivity index (χ4n) is 3.70. The summed E-state index contributed by atoms with van der Waals surface area (Å²) < 4.78 is 52.0. The average Bonchev–Trinajstić information content (AvgIpc) is 3.08. The molecule has 6 nitrogen and oxygen atoms in total.